The third-order valence-electron chi connectivity index (χ3n) is 6.45. The molecule has 5 rings (SSSR count). The SMILES string of the molecule is CC(C)(C#N)c1ccc(Nc2c(NC(=O)C(F)(F)F)cnc3ccc(-c4cnc5ccccc5c4)cc23)cc1. The van der Waals surface area contributed by atoms with Crippen LogP contribution < -0.4 is 10.6 Å². The summed E-state index contributed by atoms with van der Waals surface area (Å²) in [4.78, 5) is 20.6. The van der Waals surface area contributed by atoms with Crippen LogP contribution in [0, 0.1) is 11.3 Å². The zero-order chi connectivity index (χ0) is 27.8. The molecule has 0 fully saturated rings. The number of aromatic nitrogens is 2. The fourth-order valence-corrected chi connectivity index (χ4v) is 4.20. The Kier molecular flexibility index (Phi) is 6.40. The number of fused-ring (bicyclic) bond motifs is 2. The van der Waals surface area contributed by atoms with Crippen LogP contribution in [0.4, 0.5) is 30.2 Å². The minimum absolute atomic E-state index is 0.125. The summed E-state index contributed by atoms with van der Waals surface area (Å²) < 4.78 is 39.4. The van der Waals surface area contributed by atoms with E-state index in [0.29, 0.717) is 16.6 Å². The number of alkyl halides is 3. The smallest absolute Gasteiger partial charge is 0.353 e. The van der Waals surface area contributed by atoms with Gasteiger partial charge in [0.25, 0.3) is 0 Å². The van der Waals surface area contributed by atoms with Gasteiger partial charge in [-0.3, -0.25) is 14.8 Å². The van der Waals surface area contributed by atoms with Crippen molar-refractivity contribution in [1.82, 2.24) is 9.97 Å². The lowest BCUT2D eigenvalue weighted by Crippen LogP contribution is -2.30. The second kappa shape index (κ2) is 9.72. The zero-order valence-corrected chi connectivity index (χ0v) is 21.0. The number of carbonyl (C=O) groups is 1. The molecule has 0 saturated carbocycles. The summed E-state index contributed by atoms with van der Waals surface area (Å²) in [6.45, 7) is 3.58. The van der Waals surface area contributed by atoms with Crippen molar-refractivity contribution in [3.8, 4) is 17.2 Å². The van der Waals surface area contributed by atoms with Gasteiger partial charge in [0.15, 0.2) is 0 Å². The number of nitrogens with one attached hydrogen (secondary N) is 2. The number of pyridine rings is 2. The number of benzene rings is 3. The maximum absolute atomic E-state index is 13.1. The average molecular weight is 526 g/mol. The van der Waals surface area contributed by atoms with Gasteiger partial charge in [0, 0.05) is 28.2 Å². The van der Waals surface area contributed by atoms with Gasteiger partial charge in [0.2, 0.25) is 0 Å². The van der Waals surface area contributed by atoms with Crippen LogP contribution >= 0.6 is 0 Å². The monoisotopic (exact) mass is 525 g/mol. The molecule has 0 aliphatic heterocycles. The average Bonchev–Trinajstić information content (AvgIpc) is 2.93. The van der Waals surface area contributed by atoms with Gasteiger partial charge in [-0.2, -0.15) is 18.4 Å². The Balaban J connectivity index is 1.63. The summed E-state index contributed by atoms with van der Waals surface area (Å²) in [5.74, 6) is -2.10. The van der Waals surface area contributed by atoms with Gasteiger partial charge >= 0.3 is 12.1 Å². The molecule has 0 unspecified atom stereocenters. The van der Waals surface area contributed by atoms with E-state index in [1.165, 1.54) is 6.20 Å². The highest BCUT2D eigenvalue weighted by Gasteiger charge is 2.39. The van der Waals surface area contributed by atoms with Crippen LogP contribution in [0.15, 0.2) is 85.2 Å². The van der Waals surface area contributed by atoms with Crippen molar-refractivity contribution in [2.24, 2.45) is 0 Å². The number of para-hydroxylation sites is 1. The lowest BCUT2D eigenvalue weighted by atomic mass is 9.86. The van der Waals surface area contributed by atoms with Gasteiger partial charge in [-0.1, -0.05) is 36.4 Å². The maximum Gasteiger partial charge on any atom is 0.471 e. The zero-order valence-electron chi connectivity index (χ0n) is 21.0. The van der Waals surface area contributed by atoms with E-state index in [4.69, 9.17) is 0 Å². The molecule has 0 atom stereocenters. The molecule has 6 nitrogen and oxygen atoms in total. The lowest BCUT2D eigenvalue weighted by Gasteiger charge is -2.19. The van der Waals surface area contributed by atoms with Crippen LogP contribution in [0.5, 0.6) is 0 Å². The van der Waals surface area contributed by atoms with Gasteiger partial charge in [-0.15, -0.1) is 0 Å². The van der Waals surface area contributed by atoms with E-state index >= 15 is 0 Å². The van der Waals surface area contributed by atoms with E-state index in [0.717, 1.165) is 27.6 Å². The van der Waals surface area contributed by atoms with E-state index in [2.05, 4.69) is 21.4 Å². The Morgan fingerprint density at radius 1 is 0.872 bits per heavy atom. The van der Waals surface area contributed by atoms with Crippen LogP contribution in [0.1, 0.15) is 19.4 Å². The molecule has 0 spiro atoms. The number of carbonyl (C=O) groups excluding carboxylic acids is 1. The Bertz CT molecular complexity index is 1760. The number of amides is 1. The normalized spacial score (nSPS) is 11.8. The van der Waals surface area contributed by atoms with Crippen LogP contribution in [0.2, 0.25) is 0 Å². The molecule has 0 saturated heterocycles. The number of hydrogen-bond donors (Lipinski definition) is 2. The van der Waals surface area contributed by atoms with Crippen LogP contribution in [0.25, 0.3) is 32.9 Å². The Labute approximate surface area is 222 Å². The molecule has 1 amide bonds. The highest BCUT2D eigenvalue weighted by Crippen LogP contribution is 2.37. The van der Waals surface area contributed by atoms with Crippen molar-refractivity contribution in [2.45, 2.75) is 25.4 Å². The van der Waals surface area contributed by atoms with E-state index in [1.54, 1.807) is 56.4 Å². The molecule has 0 radical (unpaired) electrons. The van der Waals surface area contributed by atoms with Gasteiger partial charge in [-0.25, -0.2) is 0 Å². The Hall–Kier alpha value is -4.97. The standard InChI is InChI=1S/C30H22F3N5O/c1-29(2,17-34)21-8-10-22(11-9-21)37-27-23-14-18(20-13-19-5-3-4-6-24(19)35-15-20)7-12-25(23)36-16-26(27)38-28(39)30(31,32)33/h3-16H,1-2H3,(H,36,37)(H,38,39). The van der Waals surface area contributed by atoms with E-state index < -0.39 is 17.5 Å². The number of nitriles is 1. The largest absolute Gasteiger partial charge is 0.471 e. The summed E-state index contributed by atoms with van der Waals surface area (Å²) in [6.07, 6.45) is -2.15. The second-order valence-corrected chi connectivity index (χ2v) is 9.59. The molecular formula is C30H22F3N5O. The first-order valence-electron chi connectivity index (χ1n) is 12.0. The maximum atomic E-state index is 13.1. The highest BCUT2D eigenvalue weighted by atomic mass is 19.4. The molecule has 194 valence electrons. The third-order valence-corrected chi connectivity index (χ3v) is 6.45. The van der Waals surface area contributed by atoms with Gasteiger partial charge in [0.05, 0.1) is 40.1 Å². The molecule has 3 aromatic carbocycles. The topological polar surface area (TPSA) is 90.7 Å². The van der Waals surface area contributed by atoms with E-state index in [1.807, 2.05) is 41.7 Å². The third kappa shape index (κ3) is 5.22. The second-order valence-electron chi connectivity index (χ2n) is 9.59. The number of halogens is 3. The Morgan fingerprint density at radius 2 is 1.59 bits per heavy atom. The molecule has 0 aliphatic rings. The van der Waals surface area contributed by atoms with Crippen molar-refractivity contribution in [2.75, 3.05) is 10.6 Å². The minimum atomic E-state index is -5.07. The summed E-state index contributed by atoms with van der Waals surface area (Å²) in [5, 5.41) is 16.0. The van der Waals surface area contributed by atoms with Crippen LogP contribution in [-0.4, -0.2) is 22.1 Å². The van der Waals surface area contributed by atoms with E-state index in [-0.39, 0.29) is 11.4 Å². The summed E-state index contributed by atoms with van der Waals surface area (Å²) in [6, 6.07) is 24.3. The van der Waals surface area contributed by atoms with Crippen molar-refractivity contribution in [3.05, 3.63) is 90.8 Å². The summed E-state index contributed by atoms with van der Waals surface area (Å²) in [7, 11) is 0. The van der Waals surface area contributed by atoms with Crippen molar-refractivity contribution in [1.29, 1.82) is 5.26 Å². The number of anilines is 3. The molecule has 2 N–H and O–H groups in total. The predicted octanol–water partition coefficient (Wildman–Crippen LogP) is 7.50. The number of nitrogens with zero attached hydrogens (tertiary/aromatic N) is 3. The highest BCUT2D eigenvalue weighted by molar-refractivity contribution is 6.06. The summed E-state index contributed by atoms with van der Waals surface area (Å²) in [5.41, 5.74) is 3.70. The Morgan fingerprint density at radius 3 is 2.31 bits per heavy atom. The number of hydrogen-bond acceptors (Lipinski definition) is 5. The first-order valence-corrected chi connectivity index (χ1v) is 12.0. The first kappa shape index (κ1) is 25.7. The molecule has 0 bridgehead atoms. The first-order chi connectivity index (χ1) is 18.5. The van der Waals surface area contributed by atoms with Crippen molar-refractivity contribution < 1.29 is 18.0 Å². The van der Waals surface area contributed by atoms with E-state index in [9.17, 15) is 23.2 Å². The molecule has 2 heterocycles. The molecule has 5 aromatic rings. The van der Waals surface area contributed by atoms with Crippen molar-refractivity contribution >= 4 is 44.8 Å². The van der Waals surface area contributed by atoms with Crippen LogP contribution in [0.3, 0.4) is 0 Å². The number of rotatable bonds is 5. The summed E-state index contributed by atoms with van der Waals surface area (Å²) >= 11 is 0. The molecule has 2 aromatic heterocycles. The quantitative estimate of drug-likeness (QED) is 0.248. The van der Waals surface area contributed by atoms with Crippen LogP contribution in [-0.2, 0) is 10.2 Å². The lowest BCUT2D eigenvalue weighted by molar-refractivity contribution is -0.167. The molecular weight excluding hydrogens is 503 g/mol. The molecule has 9 heteroatoms. The minimum Gasteiger partial charge on any atom is -0.353 e. The predicted molar refractivity (Wildman–Crippen MR) is 146 cm³/mol. The van der Waals surface area contributed by atoms with Gasteiger partial charge in [-0.05, 0) is 61.4 Å². The molecule has 0 aliphatic carbocycles. The fraction of sp³-hybridized carbons (Fsp3) is 0.133. The molecule has 39 heavy (non-hydrogen) atoms. The fourth-order valence-electron chi connectivity index (χ4n) is 4.20. The van der Waals surface area contributed by atoms with Gasteiger partial charge in [0.1, 0.15) is 0 Å². The van der Waals surface area contributed by atoms with Gasteiger partial charge < -0.3 is 10.6 Å². The van der Waals surface area contributed by atoms with Crippen molar-refractivity contribution in [3.63, 3.8) is 0 Å².